The topological polar surface area (TPSA) is 49.4 Å². The first-order chi connectivity index (χ1) is 9.99. The molecule has 6 heteroatoms. The van der Waals surface area contributed by atoms with Crippen molar-refractivity contribution in [3.05, 3.63) is 50.6 Å². The van der Waals surface area contributed by atoms with E-state index in [1.54, 1.807) is 11.9 Å². The molecule has 1 heterocycles. The van der Waals surface area contributed by atoms with E-state index in [-0.39, 0.29) is 11.8 Å². The number of anilines is 1. The maximum atomic E-state index is 12.3. The predicted molar refractivity (Wildman–Crippen MR) is 88.6 cm³/mol. The lowest BCUT2D eigenvalue weighted by Crippen LogP contribution is -2.24. The molecule has 0 bridgehead atoms. The highest BCUT2D eigenvalue weighted by Crippen LogP contribution is 2.25. The Labute approximate surface area is 135 Å². The molecule has 0 spiro atoms. The van der Waals surface area contributed by atoms with Gasteiger partial charge in [0.1, 0.15) is 4.88 Å². The average Bonchev–Trinajstić information content (AvgIpc) is 2.87. The normalized spacial score (nSPS) is 10.2. The molecular formula is C15H15BrN2O2S. The number of carbonyl (C=O) groups is 2. The van der Waals surface area contributed by atoms with Crippen LogP contribution in [0.4, 0.5) is 5.69 Å². The van der Waals surface area contributed by atoms with Crippen molar-refractivity contribution >= 4 is 44.8 Å². The first-order valence-corrected chi connectivity index (χ1v) is 8.00. The van der Waals surface area contributed by atoms with Crippen LogP contribution in [0.5, 0.6) is 0 Å². The minimum absolute atomic E-state index is 0.0165. The molecule has 0 aliphatic carbocycles. The molecule has 21 heavy (non-hydrogen) atoms. The van der Waals surface area contributed by atoms with Gasteiger partial charge in [-0.25, -0.2) is 0 Å². The lowest BCUT2D eigenvalue weighted by molar-refractivity contribution is -0.128. The maximum Gasteiger partial charge on any atom is 0.266 e. The van der Waals surface area contributed by atoms with Crippen LogP contribution in [0.3, 0.4) is 0 Å². The van der Waals surface area contributed by atoms with Gasteiger partial charge in [-0.3, -0.25) is 9.59 Å². The summed E-state index contributed by atoms with van der Waals surface area (Å²) in [6.45, 7) is 1.97. The summed E-state index contributed by atoms with van der Waals surface area (Å²) in [6.07, 6.45) is 0. The third kappa shape index (κ3) is 3.92. The Hall–Kier alpha value is -1.66. The van der Waals surface area contributed by atoms with Crippen molar-refractivity contribution in [1.29, 1.82) is 0 Å². The molecule has 4 nitrogen and oxygen atoms in total. The van der Waals surface area contributed by atoms with Crippen molar-refractivity contribution < 1.29 is 9.59 Å². The Morgan fingerprint density at radius 1 is 1.29 bits per heavy atom. The van der Waals surface area contributed by atoms with Crippen molar-refractivity contribution in [3.63, 3.8) is 0 Å². The van der Waals surface area contributed by atoms with Gasteiger partial charge >= 0.3 is 0 Å². The molecule has 2 amide bonds. The van der Waals surface area contributed by atoms with Crippen LogP contribution in [0.1, 0.15) is 22.2 Å². The van der Waals surface area contributed by atoms with Crippen LogP contribution >= 0.6 is 27.3 Å². The average molecular weight is 367 g/mol. The van der Waals surface area contributed by atoms with Crippen molar-refractivity contribution in [1.82, 2.24) is 4.90 Å². The van der Waals surface area contributed by atoms with E-state index in [9.17, 15) is 9.59 Å². The maximum absolute atomic E-state index is 12.3. The lowest BCUT2D eigenvalue weighted by atomic mass is 10.1. The Morgan fingerprint density at radius 3 is 2.62 bits per heavy atom. The zero-order valence-electron chi connectivity index (χ0n) is 11.7. The summed E-state index contributed by atoms with van der Waals surface area (Å²) in [5.74, 6) is -0.174. The summed E-state index contributed by atoms with van der Waals surface area (Å²) in [5.41, 5.74) is 1.62. The molecule has 0 aliphatic heterocycles. The van der Waals surface area contributed by atoms with E-state index in [1.165, 1.54) is 18.3 Å². The van der Waals surface area contributed by atoms with Crippen molar-refractivity contribution in [2.75, 3.05) is 12.4 Å². The van der Waals surface area contributed by atoms with Gasteiger partial charge in [-0.2, -0.15) is 0 Å². The van der Waals surface area contributed by atoms with Crippen LogP contribution in [-0.2, 0) is 11.3 Å². The first kappa shape index (κ1) is 15.7. The second-order valence-electron chi connectivity index (χ2n) is 4.58. The van der Waals surface area contributed by atoms with Crippen LogP contribution in [0.15, 0.2) is 40.2 Å². The number of carbonyl (C=O) groups excluding carboxylic acids is 2. The molecule has 0 saturated carbocycles. The van der Waals surface area contributed by atoms with E-state index in [4.69, 9.17) is 0 Å². The quantitative estimate of drug-likeness (QED) is 0.895. The second kappa shape index (κ2) is 6.87. The summed E-state index contributed by atoms with van der Waals surface area (Å²) in [5, 5.41) is 4.76. The Bertz CT molecular complexity index is 669. The number of nitrogens with zero attached hydrogens (tertiary/aromatic N) is 1. The van der Waals surface area contributed by atoms with Gasteiger partial charge in [0.15, 0.2) is 0 Å². The number of benzene rings is 1. The van der Waals surface area contributed by atoms with Crippen LogP contribution in [-0.4, -0.2) is 23.8 Å². The van der Waals surface area contributed by atoms with Crippen molar-refractivity contribution in [2.45, 2.75) is 13.5 Å². The van der Waals surface area contributed by atoms with Gasteiger partial charge in [0.2, 0.25) is 5.91 Å². The minimum Gasteiger partial charge on any atom is -0.342 e. The highest BCUT2D eigenvalue weighted by molar-refractivity contribution is 9.10. The Morgan fingerprint density at radius 2 is 2.00 bits per heavy atom. The molecule has 1 aromatic heterocycles. The van der Waals surface area contributed by atoms with Gasteiger partial charge in [0, 0.05) is 30.7 Å². The Balaban J connectivity index is 2.19. The van der Waals surface area contributed by atoms with E-state index in [0.29, 0.717) is 11.4 Å². The van der Waals surface area contributed by atoms with Gasteiger partial charge in [0.05, 0.1) is 0 Å². The molecule has 0 atom stereocenters. The van der Waals surface area contributed by atoms with E-state index >= 15 is 0 Å². The number of para-hydroxylation sites is 1. The van der Waals surface area contributed by atoms with Gasteiger partial charge in [-0.1, -0.05) is 18.2 Å². The minimum atomic E-state index is -0.158. The van der Waals surface area contributed by atoms with Crippen LogP contribution in [0.2, 0.25) is 0 Å². The molecule has 2 aromatic rings. The number of hydrogen-bond acceptors (Lipinski definition) is 3. The monoisotopic (exact) mass is 366 g/mol. The predicted octanol–water partition coefficient (Wildman–Crippen LogP) is 3.74. The number of hydrogen-bond donors (Lipinski definition) is 1. The lowest BCUT2D eigenvalue weighted by Gasteiger charge is -2.17. The second-order valence-corrected chi connectivity index (χ2v) is 6.35. The molecule has 110 valence electrons. The molecule has 2 rings (SSSR count). The third-order valence-electron chi connectivity index (χ3n) is 3.03. The zero-order chi connectivity index (χ0) is 15.4. The largest absolute Gasteiger partial charge is 0.342 e. The number of rotatable bonds is 4. The molecule has 1 N–H and O–H groups in total. The number of amides is 2. The van der Waals surface area contributed by atoms with Gasteiger partial charge < -0.3 is 10.2 Å². The zero-order valence-corrected chi connectivity index (χ0v) is 14.1. The summed E-state index contributed by atoms with van der Waals surface area (Å²) in [4.78, 5) is 25.8. The van der Waals surface area contributed by atoms with Crippen LogP contribution < -0.4 is 5.32 Å². The van der Waals surface area contributed by atoms with Crippen molar-refractivity contribution in [3.8, 4) is 0 Å². The van der Waals surface area contributed by atoms with E-state index < -0.39 is 0 Å². The van der Waals surface area contributed by atoms with Crippen LogP contribution in [0, 0.1) is 0 Å². The summed E-state index contributed by atoms with van der Waals surface area (Å²) < 4.78 is 0.781. The Kier molecular flexibility index (Phi) is 5.14. The summed E-state index contributed by atoms with van der Waals surface area (Å²) in [7, 11) is 1.73. The molecule has 1 aromatic carbocycles. The molecular weight excluding hydrogens is 352 g/mol. The fourth-order valence-corrected chi connectivity index (χ4v) is 3.23. The first-order valence-electron chi connectivity index (χ1n) is 6.33. The van der Waals surface area contributed by atoms with E-state index in [0.717, 1.165) is 15.7 Å². The molecule has 0 radical (unpaired) electrons. The van der Waals surface area contributed by atoms with Crippen LogP contribution in [0.25, 0.3) is 0 Å². The van der Waals surface area contributed by atoms with Crippen molar-refractivity contribution in [2.24, 2.45) is 0 Å². The SMILES string of the molecule is CC(=O)N(C)Cc1ccccc1NC(=O)c1sccc1Br. The molecule has 0 aliphatic rings. The molecule has 0 fully saturated rings. The molecule has 0 unspecified atom stereocenters. The summed E-state index contributed by atoms with van der Waals surface area (Å²) in [6, 6.07) is 9.33. The summed E-state index contributed by atoms with van der Waals surface area (Å²) >= 11 is 4.73. The fraction of sp³-hybridized carbons (Fsp3) is 0.200. The van der Waals surface area contributed by atoms with E-state index in [2.05, 4.69) is 21.2 Å². The standard InChI is InChI=1S/C15H15BrN2O2S/c1-10(19)18(2)9-11-5-3-4-6-13(11)17-15(20)14-12(16)7-8-21-14/h3-8H,9H2,1-2H3,(H,17,20). The van der Waals surface area contributed by atoms with Gasteiger partial charge in [0.25, 0.3) is 5.91 Å². The number of nitrogens with one attached hydrogen (secondary N) is 1. The van der Waals surface area contributed by atoms with Gasteiger partial charge in [-0.15, -0.1) is 11.3 Å². The highest BCUT2D eigenvalue weighted by atomic mass is 79.9. The third-order valence-corrected chi connectivity index (χ3v) is 4.87. The van der Waals surface area contributed by atoms with E-state index in [1.807, 2.05) is 35.7 Å². The number of thiophene rings is 1. The molecule has 0 saturated heterocycles. The fourth-order valence-electron chi connectivity index (χ4n) is 1.78. The smallest absolute Gasteiger partial charge is 0.266 e. The van der Waals surface area contributed by atoms with Gasteiger partial charge in [-0.05, 0) is 39.0 Å². The number of halogens is 1. The highest BCUT2D eigenvalue weighted by Gasteiger charge is 2.14.